The van der Waals surface area contributed by atoms with Gasteiger partial charge in [0, 0.05) is 36.9 Å². The van der Waals surface area contributed by atoms with Crippen molar-refractivity contribution in [2.24, 2.45) is 0 Å². The zero-order valence-corrected chi connectivity index (χ0v) is 12.1. The van der Waals surface area contributed by atoms with E-state index < -0.39 is 0 Å². The Morgan fingerprint density at radius 2 is 1.89 bits per heavy atom. The lowest BCUT2D eigenvalue weighted by Crippen LogP contribution is -2.20. The molecule has 18 heavy (non-hydrogen) atoms. The molecule has 1 aromatic heterocycles. The molecular formula is C15H20N2S. The van der Waals surface area contributed by atoms with Crippen molar-refractivity contribution in [1.29, 1.82) is 0 Å². The molecule has 96 valence electrons. The highest BCUT2D eigenvalue weighted by molar-refractivity contribution is 7.10. The zero-order valence-electron chi connectivity index (χ0n) is 11.2. The lowest BCUT2D eigenvalue weighted by molar-refractivity contribution is 0.883. The summed E-state index contributed by atoms with van der Waals surface area (Å²) in [5.41, 5.74) is 3.84. The molecule has 0 fully saturated rings. The number of thiophene rings is 1. The number of rotatable bonds is 5. The van der Waals surface area contributed by atoms with E-state index in [4.69, 9.17) is 0 Å². The molecule has 2 rings (SSSR count). The largest absolute Gasteiger partial charge is 0.388 e. The molecule has 0 saturated carbocycles. The van der Waals surface area contributed by atoms with Gasteiger partial charge in [0.25, 0.3) is 0 Å². The molecule has 0 bridgehead atoms. The number of nitrogens with zero attached hydrogens (tertiary/aromatic N) is 1. The van der Waals surface area contributed by atoms with E-state index in [2.05, 4.69) is 59.9 Å². The first kappa shape index (κ1) is 13.0. The minimum atomic E-state index is 1.06. The van der Waals surface area contributed by atoms with Gasteiger partial charge in [-0.15, -0.1) is 11.3 Å². The van der Waals surface area contributed by atoms with Gasteiger partial charge >= 0.3 is 0 Å². The Kier molecular flexibility index (Phi) is 4.26. The van der Waals surface area contributed by atoms with Crippen LogP contribution in [0.1, 0.15) is 10.4 Å². The molecule has 1 heterocycles. The molecule has 2 aromatic rings. The topological polar surface area (TPSA) is 15.3 Å². The van der Waals surface area contributed by atoms with Crippen molar-refractivity contribution < 1.29 is 0 Å². The second kappa shape index (κ2) is 5.91. The van der Waals surface area contributed by atoms with E-state index in [0.29, 0.717) is 0 Å². The molecule has 0 aliphatic carbocycles. The van der Waals surface area contributed by atoms with Gasteiger partial charge in [-0.3, -0.25) is 0 Å². The van der Waals surface area contributed by atoms with Gasteiger partial charge in [-0.2, -0.15) is 0 Å². The van der Waals surface area contributed by atoms with Gasteiger partial charge in [-0.1, -0.05) is 0 Å². The van der Waals surface area contributed by atoms with Gasteiger partial charge in [0.15, 0.2) is 0 Å². The quantitative estimate of drug-likeness (QED) is 0.880. The van der Waals surface area contributed by atoms with Crippen LogP contribution in [0, 0.1) is 6.92 Å². The van der Waals surface area contributed by atoms with Crippen molar-refractivity contribution in [3.8, 4) is 0 Å². The number of aryl methyl sites for hydroxylation is 1. The summed E-state index contributed by atoms with van der Waals surface area (Å²) in [6.07, 6.45) is 1.12. The predicted molar refractivity (Wildman–Crippen MR) is 82.0 cm³/mol. The highest BCUT2D eigenvalue weighted by atomic mass is 32.1. The molecule has 2 nitrogen and oxygen atoms in total. The van der Waals surface area contributed by atoms with Crippen molar-refractivity contribution in [3.63, 3.8) is 0 Å². The van der Waals surface area contributed by atoms with E-state index in [0.717, 1.165) is 18.7 Å². The molecule has 0 aliphatic rings. The Labute approximate surface area is 113 Å². The summed E-state index contributed by atoms with van der Waals surface area (Å²) in [6, 6.07) is 10.7. The number of anilines is 2. The summed E-state index contributed by atoms with van der Waals surface area (Å²) >= 11 is 1.86. The molecule has 0 aliphatic heterocycles. The fraction of sp³-hybridized carbons (Fsp3) is 0.333. The van der Waals surface area contributed by atoms with Crippen molar-refractivity contribution in [2.75, 3.05) is 30.9 Å². The van der Waals surface area contributed by atoms with Gasteiger partial charge in [0.2, 0.25) is 0 Å². The average Bonchev–Trinajstić information content (AvgIpc) is 2.81. The maximum Gasteiger partial charge on any atom is 0.0365 e. The predicted octanol–water partition coefficient (Wildman–Crippen LogP) is 3.78. The van der Waals surface area contributed by atoms with Gasteiger partial charge in [-0.05, 0) is 54.6 Å². The summed E-state index contributed by atoms with van der Waals surface area (Å²) in [5, 5.41) is 5.31. The lowest BCUT2D eigenvalue weighted by atomic mass is 10.2. The fourth-order valence-corrected chi connectivity index (χ4v) is 2.84. The van der Waals surface area contributed by atoms with Crippen molar-refractivity contribution in [1.82, 2.24) is 0 Å². The summed E-state index contributed by atoms with van der Waals surface area (Å²) in [6.45, 7) is 3.24. The highest BCUT2D eigenvalue weighted by Gasteiger charge is 2.04. The molecule has 0 spiro atoms. The summed E-state index contributed by atoms with van der Waals surface area (Å²) in [4.78, 5) is 3.80. The molecule has 1 aromatic carbocycles. The molecule has 0 radical (unpaired) electrons. The number of hydrogen-bond acceptors (Lipinski definition) is 3. The normalized spacial score (nSPS) is 10.4. The van der Waals surface area contributed by atoms with E-state index in [1.54, 1.807) is 0 Å². The molecule has 0 unspecified atom stereocenters. The van der Waals surface area contributed by atoms with E-state index >= 15 is 0 Å². The number of likely N-dealkylation sites (N-methyl/N-ethyl adjacent to an activating group) is 1. The smallest absolute Gasteiger partial charge is 0.0365 e. The van der Waals surface area contributed by atoms with Crippen LogP contribution in [-0.2, 0) is 6.42 Å². The van der Waals surface area contributed by atoms with Crippen LogP contribution in [-0.4, -0.2) is 20.6 Å². The SMILES string of the molecule is CNc1ccc(N(C)CCc2sccc2C)cc1. The first-order valence-electron chi connectivity index (χ1n) is 6.22. The Morgan fingerprint density at radius 3 is 2.44 bits per heavy atom. The second-order valence-electron chi connectivity index (χ2n) is 4.50. The minimum absolute atomic E-state index is 1.06. The second-order valence-corrected chi connectivity index (χ2v) is 5.50. The monoisotopic (exact) mass is 260 g/mol. The summed E-state index contributed by atoms with van der Waals surface area (Å²) in [5.74, 6) is 0. The van der Waals surface area contributed by atoms with Gasteiger partial charge in [-0.25, -0.2) is 0 Å². The van der Waals surface area contributed by atoms with Crippen molar-refractivity contribution in [3.05, 3.63) is 46.2 Å². The number of benzene rings is 1. The zero-order chi connectivity index (χ0) is 13.0. The molecule has 0 atom stereocenters. The van der Waals surface area contributed by atoms with Crippen LogP contribution in [0.5, 0.6) is 0 Å². The van der Waals surface area contributed by atoms with Crippen molar-refractivity contribution in [2.45, 2.75) is 13.3 Å². The van der Waals surface area contributed by atoms with Gasteiger partial charge < -0.3 is 10.2 Å². The Bertz CT molecular complexity index is 487. The summed E-state index contributed by atoms with van der Waals surface area (Å²) < 4.78 is 0. The lowest BCUT2D eigenvalue weighted by Gasteiger charge is -2.19. The Balaban J connectivity index is 1.94. The van der Waals surface area contributed by atoms with Crippen LogP contribution < -0.4 is 10.2 Å². The van der Waals surface area contributed by atoms with Gasteiger partial charge in [0.1, 0.15) is 0 Å². The molecule has 0 amide bonds. The third-order valence-electron chi connectivity index (χ3n) is 3.24. The average molecular weight is 260 g/mol. The molecule has 1 N–H and O–H groups in total. The van der Waals surface area contributed by atoms with Crippen LogP contribution in [0.3, 0.4) is 0 Å². The van der Waals surface area contributed by atoms with E-state index in [9.17, 15) is 0 Å². The Morgan fingerprint density at radius 1 is 1.17 bits per heavy atom. The standard InChI is InChI=1S/C15H20N2S/c1-12-9-11-18-15(12)8-10-17(3)14-6-4-13(16-2)5-7-14/h4-7,9,11,16H,8,10H2,1-3H3. The minimum Gasteiger partial charge on any atom is -0.388 e. The fourth-order valence-electron chi connectivity index (χ4n) is 1.94. The van der Waals surface area contributed by atoms with Crippen LogP contribution in [0.4, 0.5) is 11.4 Å². The van der Waals surface area contributed by atoms with Crippen LogP contribution >= 0.6 is 11.3 Å². The molecular weight excluding hydrogens is 240 g/mol. The third kappa shape index (κ3) is 3.05. The number of nitrogens with one attached hydrogen (secondary N) is 1. The first-order valence-corrected chi connectivity index (χ1v) is 7.10. The van der Waals surface area contributed by atoms with Crippen molar-refractivity contribution >= 4 is 22.7 Å². The van der Waals surface area contributed by atoms with E-state index in [1.807, 2.05) is 18.4 Å². The molecule has 3 heteroatoms. The van der Waals surface area contributed by atoms with Crippen LogP contribution in [0.2, 0.25) is 0 Å². The maximum absolute atomic E-state index is 3.14. The van der Waals surface area contributed by atoms with Crippen LogP contribution in [0.25, 0.3) is 0 Å². The van der Waals surface area contributed by atoms with E-state index in [1.165, 1.54) is 16.1 Å². The maximum atomic E-state index is 3.14. The van der Waals surface area contributed by atoms with E-state index in [-0.39, 0.29) is 0 Å². The third-order valence-corrected chi connectivity index (χ3v) is 4.32. The van der Waals surface area contributed by atoms with Crippen LogP contribution in [0.15, 0.2) is 35.7 Å². The summed E-state index contributed by atoms with van der Waals surface area (Å²) in [7, 11) is 4.09. The van der Waals surface area contributed by atoms with Gasteiger partial charge in [0.05, 0.1) is 0 Å². The molecule has 0 saturated heterocycles. The number of hydrogen-bond donors (Lipinski definition) is 1. The highest BCUT2D eigenvalue weighted by Crippen LogP contribution is 2.19. The Hall–Kier alpha value is -1.48. The first-order chi connectivity index (χ1) is 8.70.